The molecule has 0 saturated carbocycles. The number of benzene rings is 1. The summed E-state index contributed by atoms with van der Waals surface area (Å²) in [5, 5.41) is 0. The Labute approximate surface area is 131 Å². The molecule has 1 aromatic rings. The highest BCUT2D eigenvalue weighted by Gasteiger charge is 2.19. The summed E-state index contributed by atoms with van der Waals surface area (Å²) in [5.41, 5.74) is 0.860. The molecule has 0 aliphatic rings. The van der Waals surface area contributed by atoms with Gasteiger partial charge in [-0.3, -0.25) is 9.69 Å². The van der Waals surface area contributed by atoms with Crippen LogP contribution in [0.5, 0.6) is 0 Å². The molecule has 0 N–H and O–H groups in total. The Morgan fingerprint density at radius 1 is 1.23 bits per heavy atom. The zero-order valence-corrected chi connectivity index (χ0v) is 13.0. The van der Waals surface area contributed by atoms with Crippen LogP contribution < -0.4 is 0 Å². The summed E-state index contributed by atoms with van der Waals surface area (Å²) in [5.74, 6) is 2.07. The molecule has 1 rings (SSSR count). The number of nitrogens with zero attached hydrogens (tertiary/aromatic N) is 1. The van der Waals surface area contributed by atoms with Gasteiger partial charge in [-0.1, -0.05) is 50.1 Å². The van der Waals surface area contributed by atoms with Crippen LogP contribution in [0.15, 0.2) is 30.3 Å². The van der Waals surface area contributed by atoms with Crippen molar-refractivity contribution in [3.8, 4) is 12.3 Å². The molecule has 0 radical (unpaired) electrons. The number of carbonyl (C=O) groups excluding carboxylic acids is 2. The van der Waals surface area contributed by atoms with Crippen molar-refractivity contribution in [1.82, 2.24) is 4.90 Å². The maximum atomic E-state index is 12.0. The van der Waals surface area contributed by atoms with E-state index in [1.54, 1.807) is 0 Å². The number of ether oxygens (including phenoxy) is 2. The predicted octanol–water partition coefficient (Wildman–Crippen LogP) is 2.46. The molecule has 118 valence electrons. The third-order valence-corrected chi connectivity index (χ3v) is 2.64. The number of rotatable bonds is 7. The van der Waals surface area contributed by atoms with Gasteiger partial charge in [-0.2, -0.15) is 0 Å². The molecule has 1 amide bonds. The molecule has 0 saturated heterocycles. The number of esters is 1. The summed E-state index contributed by atoms with van der Waals surface area (Å²) in [6.07, 6.45) is 4.59. The van der Waals surface area contributed by atoms with Gasteiger partial charge in [-0.25, -0.2) is 4.79 Å². The summed E-state index contributed by atoms with van der Waals surface area (Å²) in [6.45, 7) is 4.07. The summed E-state index contributed by atoms with van der Waals surface area (Å²) < 4.78 is 10.2. The predicted molar refractivity (Wildman–Crippen MR) is 82.8 cm³/mol. The minimum atomic E-state index is -0.636. The Hall–Kier alpha value is -2.48. The van der Waals surface area contributed by atoms with E-state index in [1.807, 2.05) is 44.2 Å². The monoisotopic (exact) mass is 303 g/mol. The normalized spacial score (nSPS) is 9.91. The minimum Gasteiger partial charge on any atom is -0.464 e. The van der Waals surface area contributed by atoms with Gasteiger partial charge in [0.25, 0.3) is 0 Å². The van der Waals surface area contributed by atoms with E-state index < -0.39 is 12.1 Å². The van der Waals surface area contributed by atoms with Crippen LogP contribution in [-0.4, -0.2) is 36.7 Å². The molecular weight excluding hydrogens is 282 g/mol. The second-order valence-corrected chi connectivity index (χ2v) is 5.18. The first-order valence-corrected chi connectivity index (χ1v) is 7.07. The largest absolute Gasteiger partial charge is 0.464 e. The van der Waals surface area contributed by atoms with E-state index in [9.17, 15) is 9.59 Å². The summed E-state index contributed by atoms with van der Waals surface area (Å²) in [4.78, 5) is 24.8. The number of hydrogen-bond acceptors (Lipinski definition) is 4. The molecule has 1 aromatic carbocycles. The van der Waals surface area contributed by atoms with Crippen molar-refractivity contribution in [2.24, 2.45) is 5.92 Å². The fraction of sp³-hybridized carbons (Fsp3) is 0.412. The molecule has 0 unspecified atom stereocenters. The Kier molecular flexibility index (Phi) is 7.55. The van der Waals surface area contributed by atoms with Crippen molar-refractivity contribution in [2.45, 2.75) is 20.5 Å². The van der Waals surface area contributed by atoms with E-state index in [0.717, 1.165) is 10.5 Å². The Morgan fingerprint density at radius 3 is 2.50 bits per heavy atom. The first kappa shape index (κ1) is 17.6. The molecule has 0 atom stereocenters. The van der Waals surface area contributed by atoms with Crippen molar-refractivity contribution in [3.63, 3.8) is 0 Å². The smallest absolute Gasteiger partial charge is 0.411 e. The van der Waals surface area contributed by atoms with Gasteiger partial charge < -0.3 is 9.47 Å². The van der Waals surface area contributed by atoms with E-state index in [1.165, 1.54) is 0 Å². The lowest BCUT2D eigenvalue weighted by Gasteiger charge is -2.19. The van der Waals surface area contributed by atoms with Crippen LogP contribution in [-0.2, 0) is 20.9 Å². The zero-order chi connectivity index (χ0) is 16.4. The van der Waals surface area contributed by atoms with Gasteiger partial charge >= 0.3 is 12.1 Å². The van der Waals surface area contributed by atoms with Gasteiger partial charge in [0.2, 0.25) is 0 Å². The zero-order valence-electron chi connectivity index (χ0n) is 13.0. The Bertz CT molecular complexity index is 519. The molecule has 5 nitrogen and oxygen atoms in total. The minimum absolute atomic E-state index is 0.00952. The quantitative estimate of drug-likeness (QED) is 0.573. The van der Waals surface area contributed by atoms with Crippen molar-refractivity contribution in [3.05, 3.63) is 35.9 Å². The fourth-order valence-electron chi connectivity index (χ4n) is 1.57. The first-order chi connectivity index (χ1) is 10.5. The number of terminal acetylenes is 1. The molecule has 0 fully saturated rings. The molecule has 0 bridgehead atoms. The van der Waals surface area contributed by atoms with Gasteiger partial charge in [0.15, 0.2) is 0 Å². The van der Waals surface area contributed by atoms with Gasteiger partial charge in [0.05, 0.1) is 13.2 Å². The van der Waals surface area contributed by atoms with Gasteiger partial charge in [0.1, 0.15) is 13.2 Å². The number of hydrogen-bond donors (Lipinski definition) is 0. The van der Waals surface area contributed by atoms with Crippen LogP contribution in [0, 0.1) is 18.3 Å². The molecule has 0 aliphatic carbocycles. The maximum absolute atomic E-state index is 12.0. The van der Waals surface area contributed by atoms with Crippen LogP contribution in [0.25, 0.3) is 0 Å². The Morgan fingerprint density at radius 2 is 1.91 bits per heavy atom. The lowest BCUT2D eigenvalue weighted by atomic mass is 10.2. The van der Waals surface area contributed by atoms with Crippen molar-refractivity contribution >= 4 is 12.1 Å². The molecule has 0 aliphatic heterocycles. The fourth-order valence-corrected chi connectivity index (χ4v) is 1.57. The van der Waals surface area contributed by atoms with Gasteiger partial charge in [-0.05, 0) is 11.5 Å². The van der Waals surface area contributed by atoms with Crippen LogP contribution >= 0.6 is 0 Å². The van der Waals surface area contributed by atoms with Gasteiger partial charge in [0, 0.05) is 0 Å². The molecule has 22 heavy (non-hydrogen) atoms. The SMILES string of the molecule is C#CCN(CC(=O)OCC(C)C)C(=O)OCc1ccccc1. The van der Waals surface area contributed by atoms with E-state index in [-0.39, 0.29) is 25.6 Å². The molecule has 0 spiro atoms. The first-order valence-electron chi connectivity index (χ1n) is 7.07. The highest BCUT2D eigenvalue weighted by molar-refractivity contribution is 5.78. The standard InChI is InChI=1S/C17H21NO4/c1-4-10-18(11-16(19)21-12-14(2)3)17(20)22-13-15-8-6-5-7-9-15/h1,5-9,14H,10-13H2,2-3H3. The lowest BCUT2D eigenvalue weighted by Crippen LogP contribution is -2.37. The second kappa shape index (κ2) is 9.46. The topological polar surface area (TPSA) is 55.8 Å². The van der Waals surface area contributed by atoms with Crippen LogP contribution in [0.1, 0.15) is 19.4 Å². The van der Waals surface area contributed by atoms with E-state index >= 15 is 0 Å². The third kappa shape index (κ3) is 6.80. The number of carbonyl (C=O) groups is 2. The van der Waals surface area contributed by atoms with E-state index in [2.05, 4.69) is 5.92 Å². The van der Waals surface area contributed by atoms with Gasteiger partial charge in [-0.15, -0.1) is 6.42 Å². The summed E-state index contributed by atoms with van der Waals surface area (Å²) in [7, 11) is 0. The average molecular weight is 303 g/mol. The third-order valence-electron chi connectivity index (χ3n) is 2.64. The number of amides is 1. The molecule has 0 aromatic heterocycles. The van der Waals surface area contributed by atoms with Crippen LogP contribution in [0.2, 0.25) is 0 Å². The van der Waals surface area contributed by atoms with Crippen molar-refractivity contribution in [2.75, 3.05) is 19.7 Å². The van der Waals surface area contributed by atoms with E-state index in [4.69, 9.17) is 15.9 Å². The highest BCUT2D eigenvalue weighted by atomic mass is 16.6. The highest BCUT2D eigenvalue weighted by Crippen LogP contribution is 2.04. The lowest BCUT2D eigenvalue weighted by molar-refractivity contribution is -0.145. The average Bonchev–Trinajstić information content (AvgIpc) is 2.51. The maximum Gasteiger partial charge on any atom is 0.411 e. The van der Waals surface area contributed by atoms with Crippen molar-refractivity contribution < 1.29 is 19.1 Å². The van der Waals surface area contributed by atoms with Crippen molar-refractivity contribution in [1.29, 1.82) is 0 Å². The van der Waals surface area contributed by atoms with Crippen LogP contribution in [0.4, 0.5) is 4.79 Å². The molecule has 5 heteroatoms. The second-order valence-electron chi connectivity index (χ2n) is 5.18. The van der Waals surface area contributed by atoms with Crippen LogP contribution in [0.3, 0.4) is 0 Å². The summed E-state index contributed by atoms with van der Waals surface area (Å²) in [6, 6.07) is 9.27. The molecule has 0 heterocycles. The summed E-state index contributed by atoms with van der Waals surface area (Å²) >= 11 is 0. The molecular formula is C17H21NO4. The Balaban J connectivity index is 2.49. The van der Waals surface area contributed by atoms with E-state index in [0.29, 0.717) is 6.61 Å².